The lowest BCUT2D eigenvalue weighted by Crippen LogP contribution is -2.31. The van der Waals surface area contributed by atoms with Crippen LogP contribution in [0.4, 0.5) is 5.69 Å². The first-order valence-corrected chi connectivity index (χ1v) is 13.5. The van der Waals surface area contributed by atoms with Crippen molar-refractivity contribution in [2.45, 2.75) is 33.3 Å². The van der Waals surface area contributed by atoms with E-state index in [1.165, 1.54) is 4.68 Å². The first-order valence-electron chi connectivity index (χ1n) is 11.6. The molecule has 2 aromatic heterocycles. The lowest BCUT2D eigenvalue weighted by atomic mass is 10.1. The largest absolute Gasteiger partial charge is 0.472 e. The van der Waals surface area contributed by atoms with E-state index in [4.69, 9.17) is 27.9 Å². The van der Waals surface area contributed by atoms with Gasteiger partial charge in [-0.25, -0.2) is 9.67 Å². The van der Waals surface area contributed by atoms with Crippen LogP contribution in [0.3, 0.4) is 0 Å². The van der Waals surface area contributed by atoms with Gasteiger partial charge in [0.1, 0.15) is 11.8 Å². The molecule has 0 unspecified atom stereocenters. The van der Waals surface area contributed by atoms with E-state index in [0.717, 1.165) is 17.9 Å². The van der Waals surface area contributed by atoms with E-state index in [-0.39, 0.29) is 23.3 Å². The Labute approximate surface area is 224 Å². The minimum absolute atomic E-state index is 0.0353. The topological polar surface area (TPSA) is 98.1 Å². The quantitative estimate of drug-likeness (QED) is 0.372. The monoisotopic (exact) mass is 547 g/mol. The van der Waals surface area contributed by atoms with Crippen LogP contribution in [0.2, 0.25) is 10.0 Å². The number of hydrogen-bond acceptors (Lipinski definition) is 6. The van der Waals surface area contributed by atoms with Gasteiger partial charge in [-0.1, -0.05) is 37.0 Å². The maximum atomic E-state index is 13.6. The molecule has 11 heteroatoms. The maximum absolute atomic E-state index is 13.6. The summed E-state index contributed by atoms with van der Waals surface area (Å²) in [5.41, 5.74) is 1.46. The van der Waals surface area contributed by atoms with Crippen molar-refractivity contribution in [3.63, 3.8) is 0 Å². The van der Waals surface area contributed by atoms with Crippen molar-refractivity contribution >= 4 is 52.5 Å². The van der Waals surface area contributed by atoms with Crippen LogP contribution in [0.1, 0.15) is 46.7 Å². The first-order chi connectivity index (χ1) is 17.2. The number of carbonyl (C=O) groups is 2. The molecule has 0 saturated carbocycles. The number of amides is 2. The van der Waals surface area contributed by atoms with Crippen LogP contribution in [-0.2, 0) is 0 Å². The highest BCUT2D eigenvalue weighted by Gasteiger charge is 2.26. The normalized spacial score (nSPS) is 13.4. The number of anilines is 1. The molecule has 1 aliphatic rings. The number of hydrogen-bond donors (Lipinski definition) is 2. The number of rotatable bonds is 9. The third-order valence-corrected chi connectivity index (χ3v) is 7.27. The SMILES string of the molecule is Cc1cc(Cl)cc(C(=O)NCCC(C)C)c1NC(=O)c1cc(OC2CSC2)nn1-c1ncccc1Cl. The Balaban J connectivity index is 1.66. The third kappa shape index (κ3) is 6.14. The number of pyridine rings is 1. The number of thioether (sulfide) groups is 1. The van der Waals surface area contributed by atoms with Crippen LogP contribution in [0.25, 0.3) is 5.82 Å². The van der Waals surface area contributed by atoms with Crippen molar-refractivity contribution < 1.29 is 14.3 Å². The second-order valence-electron chi connectivity index (χ2n) is 8.90. The second kappa shape index (κ2) is 11.5. The number of nitrogens with one attached hydrogen (secondary N) is 2. The Morgan fingerprint density at radius 1 is 1.22 bits per heavy atom. The van der Waals surface area contributed by atoms with Gasteiger partial charge in [-0.3, -0.25) is 9.59 Å². The summed E-state index contributed by atoms with van der Waals surface area (Å²) in [5.74, 6) is 1.94. The molecular weight excluding hydrogens is 521 g/mol. The second-order valence-corrected chi connectivity index (χ2v) is 10.8. The van der Waals surface area contributed by atoms with Crippen molar-refractivity contribution in [3.8, 4) is 11.7 Å². The van der Waals surface area contributed by atoms with E-state index in [2.05, 4.69) is 34.6 Å². The number of aromatic nitrogens is 3. The molecule has 3 aromatic rings. The van der Waals surface area contributed by atoms with Gasteiger partial charge in [-0.05, 0) is 49.1 Å². The number of ether oxygens (including phenoxy) is 1. The molecule has 2 amide bonds. The zero-order chi connectivity index (χ0) is 25.8. The van der Waals surface area contributed by atoms with Crippen LogP contribution in [0.15, 0.2) is 36.5 Å². The summed E-state index contributed by atoms with van der Waals surface area (Å²) in [5, 5.41) is 11.0. The molecule has 0 atom stereocenters. The third-order valence-electron chi connectivity index (χ3n) is 5.54. The minimum atomic E-state index is -0.497. The number of nitrogens with zero attached hydrogens (tertiary/aromatic N) is 3. The Bertz CT molecular complexity index is 1280. The molecule has 2 N–H and O–H groups in total. The Morgan fingerprint density at radius 2 is 2.00 bits per heavy atom. The fraction of sp³-hybridized carbons (Fsp3) is 0.360. The van der Waals surface area contributed by atoms with Crippen LogP contribution < -0.4 is 15.4 Å². The number of benzene rings is 1. The lowest BCUT2D eigenvalue weighted by molar-refractivity contribution is 0.0953. The maximum Gasteiger partial charge on any atom is 0.274 e. The Kier molecular flexibility index (Phi) is 8.43. The molecule has 8 nitrogen and oxygen atoms in total. The summed E-state index contributed by atoms with van der Waals surface area (Å²) in [6.45, 7) is 6.46. The predicted molar refractivity (Wildman–Crippen MR) is 144 cm³/mol. The number of carbonyl (C=O) groups excluding carboxylic acids is 2. The average Bonchev–Trinajstić information content (AvgIpc) is 3.21. The van der Waals surface area contributed by atoms with Gasteiger partial charge in [0.2, 0.25) is 5.88 Å². The van der Waals surface area contributed by atoms with Gasteiger partial charge in [0.05, 0.1) is 16.3 Å². The van der Waals surface area contributed by atoms with E-state index in [1.54, 1.807) is 55.2 Å². The van der Waals surface area contributed by atoms with Crippen LogP contribution in [0.5, 0.6) is 5.88 Å². The van der Waals surface area contributed by atoms with Gasteiger partial charge in [-0.15, -0.1) is 5.10 Å². The summed E-state index contributed by atoms with van der Waals surface area (Å²) in [7, 11) is 0. The minimum Gasteiger partial charge on any atom is -0.472 e. The molecule has 0 radical (unpaired) electrons. The van der Waals surface area contributed by atoms with Crippen LogP contribution >= 0.6 is 35.0 Å². The number of aryl methyl sites for hydroxylation is 1. The molecule has 1 fully saturated rings. The fourth-order valence-electron chi connectivity index (χ4n) is 3.56. The molecule has 1 aromatic carbocycles. The summed E-state index contributed by atoms with van der Waals surface area (Å²) in [6.07, 6.45) is 2.43. The predicted octanol–water partition coefficient (Wildman–Crippen LogP) is 5.40. The lowest BCUT2D eigenvalue weighted by Gasteiger charge is -2.24. The Morgan fingerprint density at radius 3 is 2.67 bits per heavy atom. The van der Waals surface area contributed by atoms with Gasteiger partial charge in [0.15, 0.2) is 5.82 Å². The van der Waals surface area contributed by atoms with Crippen molar-refractivity contribution in [3.05, 3.63) is 63.4 Å². The summed E-state index contributed by atoms with van der Waals surface area (Å²) in [4.78, 5) is 30.8. The van der Waals surface area contributed by atoms with E-state index in [0.29, 0.717) is 45.5 Å². The standard InChI is InChI=1S/C25H27Cl2N5O3S/c1-14(2)6-8-29-24(33)18-10-16(26)9-15(3)22(18)30-25(34)20-11-21(35-17-12-36-13-17)31-32(20)23-19(27)5-4-7-28-23/h4-5,7,9-11,14,17H,6,8,12-13H2,1-3H3,(H,29,33)(H,30,34). The van der Waals surface area contributed by atoms with Crippen molar-refractivity contribution in [2.75, 3.05) is 23.4 Å². The fourth-order valence-corrected chi connectivity index (χ4v) is 4.60. The molecule has 0 spiro atoms. The molecule has 36 heavy (non-hydrogen) atoms. The zero-order valence-electron chi connectivity index (χ0n) is 20.2. The molecular formula is C25H27Cl2N5O3S. The van der Waals surface area contributed by atoms with Crippen LogP contribution in [0, 0.1) is 12.8 Å². The average molecular weight is 548 g/mol. The van der Waals surface area contributed by atoms with E-state index in [9.17, 15) is 9.59 Å². The first kappa shape index (κ1) is 26.3. The highest BCUT2D eigenvalue weighted by atomic mass is 35.5. The van der Waals surface area contributed by atoms with Crippen LogP contribution in [-0.4, -0.2) is 50.7 Å². The van der Waals surface area contributed by atoms with Crippen molar-refractivity contribution in [1.82, 2.24) is 20.1 Å². The summed E-state index contributed by atoms with van der Waals surface area (Å²) >= 11 is 14.4. The Hall–Kier alpha value is -2.75. The van der Waals surface area contributed by atoms with Gasteiger partial charge >= 0.3 is 0 Å². The molecule has 1 aliphatic heterocycles. The molecule has 190 valence electrons. The van der Waals surface area contributed by atoms with E-state index >= 15 is 0 Å². The van der Waals surface area contributed by atoms with Gasteiger partial charge < -0.3 is 15.4 Å². The molecule has 4 rings (SSSR count). The molecule has 1 saturated heterocycles. The highest BCUT2D eigenvalue weighted by molar-refractivity contribution is 8.00. The van der Waals surface area contributed by atoms with E-state index < -0.39 is 5.91 Å². The zero-order valence-corrected chi connectivity index (χ0v) is 22.5. The smallest absolute Gasteiger partial charge is 0.274 e. The molecule has 0 bridgehead atoms. The summed E-state index contributed by atoms with van der Waals surface area (Å²) < 4.78 is 7.27. The van der Waals surface area contributed by atoms with Gasteiger partial charge in [-0.2, -0.15) is 11.8 Å². The van der Waals surface area contributed by atoms with E-state index in [1.807, 2.05) is 0 Å². The molecule has 3 heterocycles. The highest BCUT2D eigenvalue weighted by Crippen LogP contribution is 2.29. The summed E-state index contributed by atoms with van der Waals surface area (Å²) in [6, 6.07) is 8.15. The molecule has 0 aliphatic carbocycles. The van der Waals surface area contributed by atoms with Crippen molar-refractivity contribution in [2.24, 2.45) is 5.92 Å². The van der Waals surface area contributed by atoms with Gasteiger partial charge in [0.25, 0.3) is 11.8 Å². The van der Waals surface area contributed by atoms with Gasteiger partial charge in [0, 0.05) is 35.3 Å². The number of halogens is 2. The van der Waals surface area contributed by atoms with Crippen molar-refractivity contribution in [1.29, 1.82) is 0 Å².